The summed E-state index contributed by atoms with van der Waals surface area (Å²) in [5.41, 5.74) is 3.48. The highest BCUT2D eigenvalue weighted by Gasteiger charge is 2.34. The summed E-state index contributed by atoms with van der Waals surface area (Å²) in [4.78, 5) is 34.2. The highest BCUT2D eigenvalue weighted by Crippen LogP contribution is 2.28. The van der Waals surface area contributed by atoms with Gasteiger partial charge in [-0.3, -0.25) is 14.6 Å². The molecular formula is C31H32N6O2. The zero-order valence-electron chi connectivity index (χ0n) is 22.4. The molecule has 8 nitrogen and oxygen atoms in total. The lowest BCUT2D eigenvalue weighted by atomic mass is 9.97. The van der Waals surface area contributed by atoms with Crippen LogP contribution >= 0.6 is 0 Å². The van der Waals surface area contributed by atoms with Crippen LogP contribution in [0, 0.1) is 0 Å². The first-order valence-electron chi connectivity index (χ1n) is 13.1. The number of benzene rings is 3. The fraction of sp³-hybridized carbons (Fsp3) is 0.258. The number of amides is 2. The third-order valence-electron chi connectivity index (χ3n) is 7.07. The molecule has 198 valence electrons. The number of rotatable bonds is 9. The van der Waals surface area contributed by atoms with Gasteiger partial charge in [0.25, 0.3) is 0 Å². The quantitative estimate of drug-likeness (QED) is 0.293. The summed E-state index contributed by atoms with van der Waals surface area (Å²) in [5, 5.41) is 12.5. The summed E-state index contributed by atoms with van der Waals surface area (Å²) in [5.74, 6) is -0.479. The first-order valence-corrected chi connectivity index (χ1v) is 13.1. The number of carbonyl (C=O) groups excluding carboxylic acids is 2. The van der Waals surface area contributed by atoms with Crippen molar-refractivity contribution < 1.29 is 9.59 Å². The molecule has 8 heteroatoms. The van der Waals surface area contributed by atoms with E-state index < -0.39 is 11.6 Å². The van der Waals surface area contributed by atoms with E-state index in [1.54, 1.807) is 15.8 Å². The summed E-state index contributed by atoms with van der Waals surface area (Å²) in [7, 11) is 0. The molecule has 2 heterocycles. The van der Waals surface area contributed by atoms with Gasteiger partial charge in [0.15, 0.2) is 0 Å². The van der Waals surface area contributed by atoms with Gasteiger partial charge < -0.3 is 10.2 Å². The summed E-state index contributed by atoms with van der Waals surface area (Å²) in [6.45, 7) is 6.19. The molecule has 0 aliphatic heterocycles. The molecule has 5 rings (SSSR count). The van der Waals surface area contributed by atoms with Crippen molar-refractivity contribution in [2.45, 2.75) is 51.9 Å². The number of pyridine rings is 1. The van der Waals surface area contributed by atoms with E-state index in [0.717, 1.165) is 28.4 Å². The van der Waals surface area contributed by atoms with Crippen LogP contribution in [0.15, 0.2) is 91.1 Å². The lowest BCUT2D eigenvalue weighted by molar-refractivity contribution is -0.143. The molecule has 0 saturated heterocycles. The van der Waals surface area contributed by atoms with Crippen LogP contribution in [-0.4, -0.2) is 42.2 Å². The summed E-state index contributed by atoms with van der Waals surface area (Å²) in [6, 6.07) is 25.9. The highest BCUT2D eigenvalue weighted by atomic mass is 16.2. The Balaban J connectivity index is 1.59. The molecule has 0 radical (unpaired) electrons. The number of hydrogen-bond donors (Lipinski definition) is 1. The second-order valence-corrected chi connectivity index (χ2v) is 10.3. The van der Waals surface area contributed by atoms with Crippen LogP contribution < -0.4 is 5.32 Å². The Hall–Kier alpha value is -4.59. The molecule has 39 heavy (non-hydrogen) atoms. The van der Waals surface area contributed by atoms with Crippen LogP contribution in [0.5, 0.6) is 0 Å². The third kappa shape index (κ3) is 5.80. The molecule has 1 N–H and O–H groups in total. The normalized spacial score (nSPS) is 12.4. The minimum Gasteiger partial charge on any atom is -0.349 e. The molecule has 2 amide bonds. The van der Waals surface area contributed by atoms with Gasteiger partial charge in [-0.1, -0.05) is 66.7 Å². The number of nitrogens with one attached hydrogen (secondary N) is 1. The summed E-state index contributed by atoms with van der Waals surface area (Å²) >= 11 is 0. The topological polar surface area (TPSA) is 93.0 Å². The van der Waals surface area contributed by atoms with Crippen LogP contribution in [0.2, 0.25) is 0 Å². The minimum absolute atomic E-state index is 0.0521. The van der Waals surface area contributed by atoms with Crippen LogP contribution in [-0.2, 0) is 22.7 Å². The number of aromatic nitrogens is 4. The van der Waals surface area contributed by atoms with Gasteiger partial charge in [-0.25, -0.2) is 4.68 Å². The first-order chi connectivity index (χ1) is 18.8. The van der Waals surface area contributed by atoms with Crippen LogP contribution in [0.25, 0.3) is 21.9 Å². The Bertz CT molecular complexity index is 1610. The minimum atomic E-state index is -0.872. The Morgan fingerprint density at radius 3 is 2.51 bits per heavy atom. The maximum Gasteiger partial charge on any atom is 0.247 e. The molecule has 0 bridgehead atoms. The predicted octanol–water partition coefficient (Wildman–Crippen LogP) is 5.05. The van der Waals surface area contributed by atoms with E-state index >= 15 is 0 Å². The van der Waals surface area contributed by atoms with Gasteiger partial charge in [0.1, 0.15) is 18.1 Å². The number of nitrogens with zero attached hydrogens (tertiary/aromatic N) is 5. The first kappa shape index (κ1) is 26.0. The molecule has 1 atom stereocenters. The van der Waals surface area contributed by atoms with E-state index in [1.807, 2.05) is 106 Å². The van der Waals surface area contributed by atoms with Crippen LogP contribution in [0.4, 0.5) is 0 Å². The van der Waals surface area contributed by atoms with E-state index in [2.05, 4.69) is 20.6 Å². The van der Waals surface area contributed by atoms with Gasteiger partial charge in [-0.05, 0) is 61.7 Å². The van der Waals surface area contributed by atoms with Crippen molar-refractivity contribution in [3.63, 3.8) is 0 Å². The molecule has 5 aromatic rings. The van der Waals surface area contributed by atoms with Gasteiger partial charge in [0, 0.05) is 23.7 Å². The van der Waals surface area contributed by atoms with E-state index in [-0.39, 0.29) is 24.9 Å². The maximum absolute atomic E-state index is 14.1. The smallest absolute Gasteiger partial charge is 0.247 e. The SMILES string of the molecule is CCC(C)(C)NC(=O)[C@H](c1ccc2ncccc2c1)N(Cc1ccccc1)C(=O)Cn1nnc2ccccc21. The standard InChI is InChI=1S/C31H32N6O2/c1-4-31(2,3)33-30(39)29(24-16-17-25-23(19-24)13-10-18-32-25)36(20-22-11-6-5-7-12-22)28(38)21-37-27-15-9-8-14-26(27)34-35-37/h5-19,29H,4,20-21H2,1-3H3,(H,33,39)/t29-/m0/s1. The number of para-hydroxylation sites is 1. The van der Waals surface area contributed by atoms with Crippen molar-refractivity contribution in [1.82, 2.24) is 30.2 Å². The zero-order chi connectivity index (χ0) is 27.4. The Morgan fingerprint density at radius 1 is 0.949 bits per heavy atom. The maximum atomic E-state index is 14.1. The predicted molar refractivity (Wildman–Crippen MR) is 152 cm³/mol. The molecule has 2 aromatic heterocycles. The number of carbonyl (C=O) groups is 2. The second-order valence-electron chi connectivity index (χ2n) is 10.3. The van der Waals surface area contributed by atoms with E-state index in [4.69, 9.17) is 0 Å². The van der Waals surface area contributed by atoms with Crippen molar-refractivity contribution >= 4 is 33.8 Å². The van der Waals surface area contributed by atoms with Gasteiger partial charge in [-0.2, -0.15) is 0 Å². The average Bonchev–Trinajstić information content (AvgIpc) is 3.35. The van der Waals surface area contributed by atoms with Crippen molar-refractivity contribution in [3.8, 4) is 0 Å². The van der Waals surface area contributed by atoms with Crippen LogP contribution in [0.3, 0.4) is 0 Å². The Labute approximate surface area is 227 Å². The van der Waals surface area contributed by atoms with Gasteiger partial charge >= 0.3 is 0 Å². The summed E-state index contributed by atoms with van der Waals surface area (Å²) < 4.78 is 1.59. The second kappa shape index (κ2) is 11.0. The third-order valence-corrected chi connectivity index (χ3v) is 7.07. The van der Waals surface area contributed by atoms with Crippen LogP contribution in [0.1, 0.15) is 44.4 Å². The summed E-state index contributed by atoms with van der Waals surface area (Å²) in [6.07, 6.45) is 2.48. The number of fused-ring (bicyclic) bond motifs is 2. The molecule has 3 aromatic carbocycles. The molecule has 0 aliphatic carbocycles. The molecule has 0 unspecified atom stereocenters. The van der Waals surface area contributed by atoms with Gasteiger partial charge in [-0.15, -0.1) is 5.10 Å². The monoisotopic (exact) mass is 520 g/mol. The van der Waals surface area contributed by atoms with Gasteiger partial charge in [0.2, 0.25) is 11.8 Å². The molecule has 0 saturated carbocycles. The zero-order valence-corrected chi connectivity index (χ0v) is 22.4. The van der Waals surface area contributed by atoms with Crippen molar-refractivity contribution in [1.29, 1.82) is 0 Å². The average molecular weight is 521 g/mol. The fourth-order valence-electron chi connectivity index (χ4n) is 4.58. The van der Waals surface area contributed by atoms with Crippen molar-refractivity contribution in [2.24, 2.45) is 0 Å². The van der Waals surface area contributed by atoms with Crippen molar-refractivity contribution in [3.05, 3.63) is 102 Å². The lowest BCUT2D eigenvalue weighted by Gasteiger charge is -2.35. The lowest BCUT2D eigenvalue weighted by Crippen LogP contribution is -2.50. The molecule has 0 spiro atoms. The molecular weight excluding hydrogens is 488 g/mol. The molecule has 0 fully saturated rings. The number of hydrogen-bond acceptors (Lipinski definition) is 5. The fourth-order valence-corrected chi connectivity index (χ4v) is 4.58. The largest absolute Gasteiger partial charge is 0.349 e. The van der Waals surface area contributed by atoms with E-state index in [9.17, 15) is 9.59 Å². The van der Waals surface area contributed by atoms with Crippen molar-refractivity contribution in [2.75, 3.05) is 0 Å². The Kier molecular flexibility index (Phi) is 7.36. The van der Waals surface area contributed by atoms with E-state index in [1.165, 1.54) is 0 Å². The van der Waals surface area contributed by atoms with Gasteiger partial charge in [0.05, 0.1) is 11.0 Å². The molecule has 0 aliphatic rings. The Morgan fingerprint density at radius 2 is 1.72 bits per heavy atom. The highest BCUT2D eigenvalue weighted by molar-refractivity contribution is 5.91. The van der Waals surface area contributed by atoms with E-state index in [0.29, 0.717) is 11.1 Å².